The molecule has 0 spiro atoms. The van der Waals surface area contributed by atoms with E-state index in [1.807, 2.05) is 6.07 Å². The van der Waals surface area contributed by atoms with Crippen molar-refractivity contribution in [1.29, 1.82) is 0 Å². The van der Waals surface area contributed by atoms with Gasteiger partial charge in [-0.15, -0.1) is 11.3 Å². The molecule has 1 heterocycles. The van der Waals surface area contributed by atoms with Crippen LogP contribution in [0.1, 0.15) is 29.1 Å². The maximum atomic E-state index is 4.73. The molecule has 0 saturated carbocycles. The van der Waals surface area contributed by atoms with Crippen LogP contribution in [-0.4, -0.2) is 4.98 Å². The first-order valence-electron chi connectivity index (χ1n) is 6.93. The molecule has 0 aliphatic heterocycles. The van der Waals surface area contributed by atoms with Gasteiger partial charge in [0.15, 0.2) is 0 Å². The van der Waals surface area contributed by atoms with Gasteiger partial charge in [0.1, 0.15) is 5.01 Å². The Balaban J connectivity index is 1.91. The van der Waals surface area contributed by atoms with Gasteiger partial charge in [-0.05, 0) is 56.2 Å². The van der Waals surface area contributed by atoms with Crippen molar-refractivity contribution >= 4 is 43.2 Å². The Hall–Kier alpha value is -1.39. The number of para-hydroxylation sites is 1. The lowest BCUT2D eigenvalue weighted by Crippen LogP contribution is -2.08. The van der Waals surface area contributed by atoms with Crippen molar-refractivity contribution in [3.63, 3.8) is 0 Å². The monoisotopic (exact) mass is 360 g/mol. The highest BCUT2D eigenvalue weighted by Gasteiger charge is 2.13. The molecule has 1 N–H and O–H groups in total. The molecular weight excluding hydrogens is 344 g/mol. The molecule has 0 saturated heterocycles. The van der Waals surface area contributed by atoms with E-state index in [0.29, 0.717) is 0 Å². The Kier molecular flexibility index (Phi) is 4.00. The molecular formula is C17H17BrN2S. The molecule has 4 heteroatoms. The summed E-state index contributed by atoms with van der Waals surface area (Å²) < 4.78 is 2.36. The van der Waals surface area contributed by atoms with Crippen LogP contribution in [0.25, 0.3) is 10.2 Å². The second-order valence-corrected chi connectivity index (χ2v) is 7.28. The number of nitrogens with one attached hydrogen (secondary N) is 1. The van der Waals surface area contributed by atoms with Crippen LogP contribution in [0.15, 0.2) is 40.9 Å². The summed E-state index contributed by atoms with van der Waals surface area (Å²) in [5, 5.41) is 4.73. The number of anilines is 1. The van der Waals surface area contributed by atoms with Crippen LogP contribution in [0.4, 0.5) is 5.69 Å². The maximum Gasteiger partial charge on any atom is 0.116 e. The molecule has 3 aromatic rings. The third-order valence-corrected chi connectivity index (χ3v) is 5.22. The third-order valence-electron chi connectivity index (χ3n) is 3.54. The smallest absolute Gasteiger partial charge is 0.116 e. The standard InChI is InChI=1S/C17H17BrN2S/c1-10-8-13(18)9-11(2)16(10)19-12(3)17-20-14-6-4-5-7-15(14)21-17/h4-9,12,19H,1-3H3. The van der Waals surface area contributed by atoms with E-state index in [2.05, 4.69) is 72.3 Å². The van der Waals surface area contributed by atoms with E-state index in [4.69, 9.17) is 4.98 Å². The molecule has 0 fully saturated rings. The number of benzene rings is 2. The predicted octanol–water partition coefficient (Wildman–Crippen LogP) is 5.85. The quantitative estimate of drug-likeness (QED) is 0.633. The van der Waals surface area contributed by atoms with Crippen LogP contribution < -0.4 is 5.32 Å². The molecule has 0 aliphatic carbocycles. The number of fused-ring (bicyclic) bond motifs is 1. The summed E-state index contributed by atoms with van der Waals surface area (Å²) in [6.07, 6.45) is 0. The second-order valence-electron chi connectivity index (χ2n) is 5.30. The number of thiazole rings is 1. The zero-order valence-electron chi connectivity index (χ0n) is 12.3. The van der Waals surface area contributed by atoms with Gasteiger partial charge < -0.3 is 5.32 Å². The second kappa shape index (κ2) is 5.78. The van der Waals surface area contributed by atoms with Crippen molar-refractivity contribution in [2.45, 2.75) is 26.8 Å². The van der Waals surface area contributed by atoms with Gasteiger partial charge in [0, 0.05) is 10.2 Å². The van der Waals surface area contributed by atoms with Gasteiger partial charge in [-0.1, -0.05) is 28.1 Å². The molecule has 2 aromatic carbocycles. The van der Waals surface area contributed by atoms with Gasteiger partial charge in [0.05, 0.1) is 16.3 Å². The normalized spacial score (nSPS) is 12.6. The minimum absolute atomic E-state index is 0.195. The van der Waals surface area contributed by atoms with E-state index in [1.165, 1.54) is 21.5 Å². The van der Waals surface area contributed by atoms with E-state index >= 15 is 0 Å². The Morgan fingerprint density at radius 1 is 1.14 bits per heavy atom. The number of hydrogen-bond donors (Lipinski definition) is 1. The molecule has 0 bridgehead atoms. The third kappa shape index (κ3) is 2.97. The van der Waals surface area contributed by atoms with E-state index < -0.39 is 0 Å². The minimum atomic E-state index is 0.195. The fourth-order valence-electron chi connectivity index (χ4n) is 2.49. The van der Waals surface area contributed by atoms with Crippen LogP contribution >= 0.6 is 27.3 Å². The molecule has 3 rings (SSSR count). The predicted molar refractivity (Wildman–Crippen MR) is 95.3 cm³/mol. The summed E-state index contributed by atoms with van der Waals surface area (Å²) in [6, 6.07) is 12.8. The van der Waals surface area contributed by atoms with Gasteiger partial charge in [-0.25, -0.2) is 4.98 Å². The molecule has 108 valence electrons. The van der Waals surface area contributed by atoms with Gasteiger partial charge in [-0.2, -0.15) is 0 Å². The lowest BCUT2D eigenvalue weighted by Gasteiger charge is -2.17. The summed E-state index contributed by atoms with van der Waals surface area (Å²) in [5.74, 6) is 0. The summed E-state index contributed by atoms with van der Waals surface area (Å²) in [7, 11) is 0. The van der Waals surface area contributed by atoms with Crippen LogP contribution in [0.2, 0.25) is 0 Å². The zero-order valence-corrected chi connectivity index (χ0v) is 14.7. The molecule has 0 radical (unpaired) electrons. The highest BCUT2D eigenvalue weighted by molar-refractivity contribution is 9.10. The fourth-order valence-corrected chi connectivity index (χ4v) is 4.15. The van der Waals surface area contributed by atoms with Gasteiger partial charge >= 0.3 is 0 Å². The SMILES string of the molecule is Cc1cc(Br)cc(C)c1NC(C)c1nc2ccccc2s1. The van der Waals surface area contributed by atoms with Crippen LogP contribution in [0, 0.1) is 13.8 Å². The first-order chi connectivity index (χ1) is 10.0. The molecule has 21 heavy (non-hydrogen) atoms. The summed E-state index contributed by atoms with van der Waals surface area (Å²) >= 11 is 5.30. The largest absolute Gasteiger partial charge is 0.376 e. The molecule has 0 amide bonds. The number of aryl methyl sites for hydroxylation is 2. The number of rotatable bonds is 3. The van der Waals surface area contributed by atoms with Gasteiger partial charge in [-0.3, -0.25) is 0 Å². The summed E-state index contributed by atoms with van der Waals surface area (Å²) in [5.41, 5.74) is 4.77. The highest BCUT2D eigenvalue weighted by atomic mass is 79.9. The lowest BCUT2D eigenvalue weighted by atomic mass is 10.1. The van der Waals surface area contributed by atoms with E-state index in [-0.39, 0.29) is 6.04 Å². The van der Waals surface area contributed by atoms with E-state index in [1.54, 1.807) is 11.3 Å². The van der Waals surface area contributed by atoms with Gasteiger partial charge in [0.25, 0.3) is 0 Å². The minimum Gasteiger partial charge on any atom is -0.376 e. The van der Waals surface area contributed by atoms with Crippen molar-refractivity contribution in [1.82, 2.24) is 4.98 Å². The van der Waals surface area contributed by atoms with Crippen molar-refractivity contribution in [2.75, 3.05) is 5.32 Å². The van der Waals surface area contributed by atoms with Crippen LogP contribution in [0.5, 0.6) is 0 Å². The van der Waals surface area contributed by atoms with Crippen LogP contribution in [0.3, 0.4) is 0 Å². The molecule has 0 aliphatic rings. The summed E-state index contributed by atoms with van der Waals surface area (Å²) in [4.78, 5) is 4.73. The zero-order chi connectivity index (χ0) is 15.0. The molecule has 2 nitrogen and oxygen atoms in total. The lowest BCUT2D eigenvalue weighted by molar-refractivity contribution is 0.870. The summed E-state index contributed by atoms with van der Waals surface area (Å²) in [6.45, 7) is 6.43. The maximum absolute atomic E-state index is 4.73. The Morgan fingerprint density at radius 2 is 1.81 bits per heavy atom. The highest BCUT2D eigenvalue weighted by Crippen LogP contribution is 2.31. The van der Waals surface area contributed by atoms with Crippen molar-refractivity contribution in [2.24, 2.45) is 0 Å². The fraction of sp³-hybridized carbons (Fsp3) is 0.235. The molecule has 1 unspecified atom stereocenters. The Morgan fingerprint density at radius 3 is 2.48 bits per heavy atom. The van der Waals surface area contributed by atoms with Crippen LogP contribution in [-0.2, 0) is 0 Å². The average Bonchev–Trinajstić information content (AvgIpc) is 2.86. The Bertz CT molecular complexity index is 738. The van der Waals surface area contributed by atoms with E-state index in [9.17, 15) is 0 Å². The molecule has 1 aromatic heterocycles. The number of halogens is 1. The van der Waals surface area contributed by atoms with Gasteiger partial charge in [0.2, 0.25) is 0 Å². The van der Waals surface area contributed by atoms with E-state index in [0.717, 1.165) is 15.0 Å². The molecule has 1 atom stereocenters. The van der Waals surface area contributed by atoms with Crippen molar-refractivity contribution in [3.8, 4) is 0 Å². The number of nitrogens with zero attached hydrogens (tertiary/aromatic N) is 1. The number of hydrogen-bond acceptors (Lipinski definition) is 3. The first-order valence-corrected chi connectivity index (χ1v) is 8.54. The average molecular weight is 361 g/mol. The first kappa shape index (κ1) is 14.5. The Labute approximate surface area is 137 Å². The van der Waals surface area contributed by atoms with Crippen molar-refractivity contribution in [3.05, 3.63) is 57.0 Å². The number of aromatic nitrogens is 1. The van der Waals surface area contributed by atoms with Crippen molar-refractivity contribution < 1.29 is 0 Å². The topological polar surface area (TPSA) is 24.9 Å².